The fourth-order valence-corrected chi connectivity index (χ4v) is 4.08. The maximum absolute atomic E-state index is 12.7. The number of carbonyl (C=O) groups is 1. The average molecular weight is 449 g/mol. The van der Waals surface area contributed by atoms with Crippen molar-refractivity contribution < 1.29 is 27.5 Å². The average Bonchev–Trinajstić information content (AvgIpc) is 3.27. The van der Waals surface area contributed by atoms with Gasteiger partial charge in [0.15, 0.2) is 0 Å². The Morgan fingerprint density at radius 2 is 2.00 bits per heavy atom. The Labute approximate surface area is 180 Å². The third-order valence-corrected chi connectivity index (χ3v) is 5.93. The van der Waals surface area contributed by atoms with Crippen LogP contribution >= 0.6 is 11.3 Å². The molecule has 31 heavy (non-hydrogen) atoms. The number of nitrogens with zero attached hydrogens (tertiary/aromatic N) is 2. The second-order valence-electron chi connectivity index (χ2n) is 6.91. The van der Waals surface area contributed by atoms with E-state index in [1.54, 1.807) is 13.1 Å². The summed E-state index contributed by atoms with van der Waals surface area (Å²) in [5, 5.41) is 4.66. The number of allylic oxidation sites excluding steroid dienone is 4. The molecule has 4 rings (SSSR count). The zero-order chi connectivity index (χ0) is 22.2. The zero-order valence-electron chi connectivity index (χ0n) is 16.6. The number of nitrogens with one attached hydrogen (secondary N) is 1. The summed E-state index contributed by atoms with van der Waals surface area (Å²) >= 11 is 1.39. The number of halogens is 3. The highest BCUT2D eigenvalue weighted by Gasteiger charge is 2.30. The molecule has 6 nitrogen and oxygen atoms in total. The van der Waals surface area contributed by atoms with Crippen molar-refractivity contribution in [3.63, 3.8) is 0 Å². The number of thiazole rings is 1. The fourth-order valence-electron chi connectivity index (χ4n) is 3.10. The molecule has 1 N–H and O–H groups in total. The summed E-state index contributed by atoms with van der Waals surface area (Å²) in [6.45, 7) is 2.14. The minimum atomic E-state index is -4.36. The van der Waals surface area contributed by atoms with E-state index in [4.69, 9.17) is 9.57 Å². The van der Waals surface area contributed by atoms with Gasteiger partial charge in [0.25, 0.3) is 0 Å². The molecule has 162 valence electrons. The number of aryl methyl sites for hydroxylation is 1. The molecule has 1 saturated heterocycles. The molecule has 2 aromatic rings. The molecule has 1 fully saturated rings. The minimum Gasteiger partial charge on any atom is -0.488 e. The predicted molar refractivity (Wildman–Crippen MR) is 108 cm³/mol. The van der Waals surface area contributed by atoms with E-state index in [0.717, 1.165) is 28.3 Å². The molecule has 2 aliphatic rings. The number of alkyl halides is 3. The summed E-state index contributed by atoms with van der Waals surface area (Å²) in [5.41, 5.74) is 1.61. The highest BCUT2D eigenvalue weighted by atomic mass is 32.1. The van der Waals surface area contributed by atoms with Crippen LogP contribution in [-0.4, -0.2) is 23.2 Å². The van der Waals surface area contributed by atoms with E-state index < -0.39 is 17.8 Å². The Morgan fingerprint density at radius 1 is 1.26 bits per heavy atom. The second-order valence-corrected chi connectivity index (χ2v) is 7.99. The lowest BCUT2D eigenvalue weighted by atomic mass is 10.1. The first-order valence-electron chi connectivity index (χ1n) is 9.31. The number of ether oxygens (including phenoxy) is 1. The van der Waals surface area contributed by atoms with Crippen LogP contribution in [0.3, 0.4) is 0 Å². The SMILES string of the molecule is Cc1nc(-c2ccc(C(F)(F)F)cc2)sc1COC1=CCC(=C2NC(=O)ON2C)C=C1. The van der Waals surface area contributed by atoms with Gasteiger partial charge in [0.05, 0.1) is 16.1 Å². The van der Waals surface area contributed by atoms with Crippen molar-refractivity contribution in [1.82, 2.24) is 15.4 Å². The first kappa shape index (κ1) is 21.0. The second kappa shape index (κ2) is 8.10. The molecule has 10 heteroatoms. The van der Waals surface area contributed by atoms with Crippen molar-refractivity contribution in [2.75, 3.05) is 7.05 Å². The molecule has 0 bridgehead atoms. The fraction of sp³-hybridized carbons (Fsp3) is 0.238. The monoisotopic (exact) mass is 449 g/mol. The number of rotatable bonds is 4. The molecule has 0 saturated carbocycles. The summed E-state index contributed by atoms with van der Waals surface area (Å²) in [4.78, 5) is 21.6. The quantitative estimate of drug-likeness (QED) is 0.687. The highest BCUT2D eigenvalue weighted by Crippen LogP contribution is 2.33. The van der Waals surface area contributed by atoms with Gasteiger partial charge in [0.2, 0.25) is 0 Å². The van der Waals surface area contributed by atoms with Gasteiger partial charge in [0, 0.05) is 18.2 Å². The maximum Gasteiger partial charge on any atom is 0.437 e. The number of aromatic nitrogens is 1. The Bertz CT molecular complexity index is 1100. The molecule has 1 aliphatic heterocycles. The molecule has 2 heterocycles. The predicted octanol–water partition coefficient (Wildman–Crippen LogP) is 5.30. The van der Waals surface area contributed by atoms with Gasteiger partial charge in [0.1, 0.15) is 23.2 Å². The van der Waals surface area contributed by atoms with Crippen LogP contribution in [0.2, 0.25) is 0 Å². The Kier molecular flexibility index (Phi) is 5.48. The molecule has 0 radical (unpaired) electrons. The molecular weight excluding hydrogens is 431 g/mol. The number of carbonyl (C=O) groups excluding carboxylic acids is 1. The normalized spacial score (nSPS) is 18.7. The van der Waals surface area contributed by atoms with E-state index in [-0.39, 0.29) is 0 Å². The van der Waals surface area contributed by atoms with Gasteiger partial charge in [-0.3, -0.25) is 5.32 Å². The molecular formula is C21H18F3N3O3S. The zero-order valence-corrected chi connectivity index (χ0v) is 17.4. The van der Waals surface area contributed by atoms with Crippen LogP contribution in [0.25, 0.3) is 10.6 Å². The van der Waals surface area contributed by atoms with Crippen molar-refractivity contribution in [1.29, 1.82) is 0 Å². The lowest BCUT2D eigenvalue weighted by Gasteiger charge is -2.15. The Morgan fingerprint density at radius 3 is 2.58 bits per heavy atom. The molecule has 1 amide bonds. The third kappa shape index (κ3) is 4.58. The van der Waals surface area contributed by atoms with Crippen LogP contribution in [-0.2, 0) is 22.4 Å². The van der Waals surface area contributed by atoms with Crippen LogP contribution in [0.4, 0.5) is 18.0 Å². The number of hydroxylamine groups is 2. The lowest BCUT2D eigenvalue weighted by molar-refractivity contribution is -0.137. The molecule has 0 unspecified atom stereocenters. The number of hydrogen-bond acceptors (Lipinski definition) is 6. The largest absolute Gasteiger partial charge is 0.488 e. The highest BCUT2D eigenvalue weighted by molar-refractivity contribution is 7.15. The number of benzene rings is 1. The van der Waals surface area contributed by atoms with E-state index in [2.05, 4.69) is 10.3 Å². The van der Waals surface area contributed by atoms with Crippen LogP contribution in [0.5, 0.6) is 0 Å². The summed E-state index contributed by atoms with van der Waals surface area (Å²) in [7, 11) is 1.64. The lowest BCUT2D eigenvalue weighted by Crippen LogP contribution is -2.17. The molecule has 1 aliphatic carbocycles. The summed E-state index contributed by atoms with van der Waals surface area (Å²) in [6.07, 6.45) is 1.23. The Hall–Kier alpha value is -3.27. The van der Waals surface area contributed by atoms with Gasteiger partial charge in [-0.25, -0.2) is 9.78 Å². The van der Waals surface area contributed by atoms with Gasteiger partial charge < -0.3 is 9.57 Å². The van der Waals surface area contributed by atoms with E-state index in [0.29, 0.717) is 35.2 Å². The van der Waals surface area contributed by atoms with Gasteiger partial charge in [-0.05, 0) is 37.6 Å². The van der Waals surface area contributed by atoms with E-state index >= 15 is 0 Å². The van der Waals surface area contributed by atoms with Crippen molar-refractivity contribution in [2.45, 2.75) is 26.1 Å². The van der Waals surface area contributed by atoms with Crippen molar-refractivity contribution in [3.05, 3.63) is 75.8 Å². The molecule has 0 atom stereocenters. The minimum absolute atomic E-state index is 0.298. The van der Waals surface area contributed by atoms with Crippen molar-refractivity contribution in [2.24, 2.45) is 0 Å². The van der Waals surface area contributed by atoms with E-state index in [9.17, 15) is 18.0 Å². The summed E-state index contributed by atoms with van der Waals surface area (Å²) in [6, 6.07) is 4.97. The Balaban J connectivity index is 1.40. The van der Waals surface area contributed by atoms with Crippen molar-refractivity contribution >= 4 is 17.4 Å². The van der Waals surface area contributed by atoms with E-state index in [1.165, 1.54) is 28.5 Å². The topological polar surface area (TPSA) is 63.7 Å². The van der Waals surface area contributed by atoms with Crippen LogP contribution in [0.1, 0.15) is 22.6 Å². The first-order chi connectivity index (χ1) is 14.7. The standard InChI is InChI=1S/C21H18F3N3O3S/c1-12-17(31-19(25-12)14-3-7-15(8-4-14)21(22,23)24)11-29-16-9-5-13(6-10-16)18-26-20(28)30-27(18)2/h3-5,7-10H,6,11H2,1-2H3,(H,26,28). The van der Waals surface area contributed by atoms with Crippen molar-refractivity contribution in [3.8, 4) is 10.6 Å². The third-order valence-electron chi connectivity index (χ3n) is 4.75. The van der Waals surface area contributed by atoms with Gasteiger partial charge in [-0.15, -0.1) is 11.3 Å². The van der Waals surface area contributed by atoms with E-state index in [1.807, 2.05) is 19.1 Å². The van der Waals surface area contributed by atoms with Gasteiger partial charge >= 0.3 is 12.3 Å². The smallest absolute Gasteiger partial charge is 0.437 e. The molecule has 1 aromatic carbocycles. The first-order valence-corrected chi connectivity index (χ1v) is 10.1. The van der Waals surface area contributed by atoms with Crippen LogP contribution in [0.15, 0.2) is 59.6 Å². The summed E-state index contributed by atoms with van der Waals surface area (Å²) < 4.78 is 44.1. The summed E-state index contributed by atoms with van der Waals surface area (Å²) in [5.74, 6) is 1.28. The van der Waals surface area contributed by atoms with Gasteiger partial charge in [-0.2, -0.15) is 18.2 Å². The number of amides is 1. The number of hydrogen-bond donors (Lipinski definition) is 1. The molecule has 0 spiro atoms. The van der Waals surface area contributed by atoms with Crippen LogP contribution < -0.4 is 5.32 Å². The molecule has 1 aromatic heterocycles. The maximum atomic E-state index is 12.7. The van der Waals surface area contributed by atoms with Gasteiger partial charge in [-0.1, -0.05) is 18.2 Å². The van der Waals surface area contributed by atoms with Crippen LogP contribution in [0, 0.1) is 6.92 Å².